The number of aliphatic hydroxyl groups is 1. The SMILES string of the molecule is CCCc1noc(CCC(=O)N2CC(C)OC(CO)C2)n1. The molecular weight excluding hydrogens is 274 g/mol. The first kappa shape index (κ1) is 15.9. The fourth-order valence-electron chi connectivity index (χ4n) is 2.44. The third-order valence-corrected chi connectivity index (χ3v) is 3.42. The van der Waals surface area contributed by atoms with Crippen LogP contribution in [0.4, 0.5) is 0 Å². The van der Waals surface area contributed by atoms with Crippen LogP contribution >= 0.6 is 0 Å². The number of amides is 1. The molecule has 1 amide bonds. The first-order valence-corrected chi connectivity index (χ1v) is 7.48. The predicted molar refractivity (Wildman–Crippen MR) is 74.6 cm³/mol. The van der Waals surface area contributed by atoms with Crippen molar-refractivity contribution in [2.45, 2.75) is 51.7 Å². The Morgan fingerprint density at radius 2 is 2.24 bits per heavy atom. The molecule has 1 aromatic heterocycles. The second kappa shape index (κ2) is 7.51. The van der Waals surface area contributed by atoms with E-state index in [0.29, 0.717) is 37.6 Å². The molecule has 1 aliphatic heterocycles. The summed E-state index contributed by atoms with van der Waals surface area (Å²) in [5.74, 6) is 1.23. The largest absolute Gasteiger partial charge is 0.394 e. The van der Waals surface area contributed by atoms with E-state index in [2.05, 4.69) is 17.1 Å². The maximum atomic E-state index is 12.2. The molecule has 0 spiro atoms. The molecule has 1 fully saturated rings. The smallest absolute Gasteiger partial charge is 0.227 e. The number of carbonyl (C=O) groups is 1. The minimum Gasteiger partial charge on any atom is -0.394 e. The van der Waals surface area contributed by atoms with Crippen molar-refractivity contribution in [2.24, 2.45) is 0 Å². The van der Waals surface area contributed by atoms with E-state index in [4.69, 9.17) is 9.26 Å². The van der Waals surface area contributed by atoms with Crippen LogP contribution in [0.15, 0.2) is 4.52 Å². The van der Waals surface area contributed by atoms with Crippen molar-refractivity contribution in [1.29, 1.82) is 0 Å². The van der Waals surface area contributed by atoms with Crippen LogP contribution in [0.25, 0.3) is 0 Å². The van der Waals surface area contributed by atoms with E-state index in [0.717, 1.165) is 12.8 Å². The topological polar surface area (TPSA) is 88.7 Å². The van der Waals surface area contributed by atoms with Crippen molar-refractivity contribution in [3.8, 4) is 0 Å². The van der Waals surface area contributed by atoms with Crippen LogP contribution in [0.3, 0.4) is 0 Å². The van der Waals surface area contributed by atoms with E-state index in [1.165, 1.54) is 0 Å². The van der Waals surface area contributed by atoms with Gasteiger partial charge in [0, 0.05) is 32.4 Å². The summed E-state index contributed by atoms with van der Waals surface area (Å²) < 4.78 is 10.6. The standard InChI is InChI=1S/C14H23N3O4/c1-3-4-12-15-13(21-16-12)5-6-14(19)17-7-10(2)20-11(8-17)9-18/h10-11,18H,3-9H2,1-2H3. The number of aliphatic hydroxyl groups excluding tert-OH is 1. The van der Waals surface area contributed by atoms with E-state index in [-0.39, 0.29) is 24.7 Å². The Morgan fingerprint density at radius 1 is 1.43 bits per heavy atom. The maximum absolute atomic E-state index is 12.2. The van der Waals surface area contributed by atoms with Crippen LogP contribution in [-0.2, 0) is 22.4 Å². The van der Waals surface area contributed by atoms with Crippen LogP contribution in [-0.4, -0.2) is 58.0 Å². The molecule has 1 aliphatic rings. The van der Waals surface area contributed by atoms with Gasteiger partial charge in [-0.3, -0.25) is 4.79 Å². The van der Waals surface area contributed by atoms with Crippen molar-refractivity contribution in [2.75, 3.05) is 19.7 Å². The first-order valence-electron chi connectivity index (χ1n) is 7.48. The van der Waals surface area contributed by atoms with Crippen molar-refractivity contribution >= 4 is 5.91 Å². The van der Waals surface area contributed by atoms with Gasteiger partial charge < -0.3 is 19.3 Å². The number of hydrogen-bond donors (Lipinski definition) is 1. The van der Waals surface area contributed by atoms with Gasteiger partial charge in [0.2, 0.25) is 11.8 Å². The minimum absolute atomic E-state index is 0.0267. The molecule has 2 heterocycles. The fraction of sp³-hybridized carbons (Fsp3) is 0.786. The van der Waals surface area contributed by atoms with Gasteiger partial charge in [-0.2, -0.15) is 4.98 Å². The van der Waals surface area contributed by atoms with Crippen molar-refractivity contribution in [1.82, 2.24) is 15.0 Å². The predicted octanol–water partition coefficient (Wildman–Crippen LogP) is 0.563. The Bertz CT molecular complexity index is 463. The van der Waals surface area contributed by atoms with E-state index in [1.807, 2.05) is 6.92 Å². The van der Waals surface area contributed by atoms with Crippen molar-refractivity contribution in [3.63, 3.8) is 0 Å². The number of aromatic nitrogens is 2. The molecule has 21 heavy (non-hydrogen) atoms. The highest BCUT2D eigenvalue weighted by Crippen LogP contribution is 2.13. The lowest BCUT2D eigenvalue weighted by Crippen LogP contribution is -2.50. The molecule has 0 aliphatic carbocycles. The summed E-state index contributed by atoms with van der Waals surface area (Å²) in [6.45, 7) is 4.87. The van der Waals surface area contributed by atoms with Gasteiger partial charge >= 0.3 is 0 Å². The monoisotopic (exact) mass is 297 g/mol. The lowest BCUT2D eigenvalue weighted by atomic mass is 10.2. The first-order chi connectivity index (χ1) is 10.1. The van der Waals surface area contributed by atoms with Crippen molar-refractivity contribution < 1.29 is 19.2 Å². The number of nitrogens with zero attached hydrogens (tertiary/aromatic N) is 3. The molecular formula is C14H23N3O4. The molecule has 7 nitrogen and oxygen atoms in total. The molecule has 2 atom stereocenters. The number of hydrogen-bond acceptors (Lipinski definition) is 6. The van der Waals surface area contributed by atoms with Crippen LogP contribution in [0.5, 0.6) is 0 Å². The molecule has 0 aromatic carbocycles. The van der Waals surface area contributed by atoms with Crippen LogP contribution in [0.2, 0.25) is 0 Å². The summed E-state index contributed by atoms with van der Waals surface area (Å²) in [7, 11) is 0. The Kier molecular flexibility index (Phi) is 5.69. The molecule has 0 saturated carbocycles. The number of rotatable bonds is 6. The minimum atomic E-state index is -0.294. The zero-order chi connectivity index (χ0) is 15.2. The fourth-order valence-corrected chi connectivity index (χ4v) is 2.44. The molecule has 7 heteroatoms. The van der Waals surface area contributed by atoms with Gasteiger partial charge in [-0.15, -0.1) is 0 Å². The molecule has 1 aromatic rings. The molecule has 1 N–H and O–H groups in total. The summed E-state index contributed by atoms with van der Waals surface area (Å²) in [6, 6.07) is 0. The van der Waals surface area contributed by atoms with Gasteiger partial charge in [0.05, 0.1) is 18.8 Å². The molecule has 1 saturated heterocycles. The quantitative estimate of drug-likeness (QED) is 0.825. The van der Waals surface area contributed by atoms with Gasteiger partial charge in [0.1, 0.15) is 0 Å². The van der Waals surface area contributed by atoms with Crippen molar-refractivity contribution in [3.05, 3.63) is 11.7 Å². The Hall–Kier alpha value is -1.47. The summed E-state index contributed by atoms with van der Waals surface area (Å²) in [5, 5.41) is 13.0. The number of ether oxygens (including phenoxy) is 1. The van der Waals surface area contributed by atoms with E-state index in [1.54, 1.807) is 4.90 Å². The summed E-state index contributed by atoms with van der Waals surface area (Å²) >= 11 is 0. The second-order valence-corrected chi connectivity index (χ2v) is 5.40. The van der Waals surface area contributed by atoms with Gasteiger partial charge in [0.25, 0.3) is 0 Å². The highest BCUT2D eigenvalue weighted by molar-refractivity contribution is 5.76. The van der Waals surface area contributed by atoms with Gasteiger partial charge in [0.15, 0.2) is 5.82 Å². The lowest BCUT2D eigenvalue weighted by Gasteiger charge is -2.36. The third kappa shape index (κ3) is 4.50. The number of morpholine rings is 1. The van der Waals surface area contributed by atoms with E-state index < -0.39 is 0 Å². The van der Waals surface area contributed by atoms with Crippen LogP contribution < -0.4 is 0 Å². The summed E-state index contributed by atoms with van der Waals surface area (Å²) in [5.41, 5.74) is 0. The summed E-state index contributed by atoms with van der Waals surface area (Å²) in [6.07, 6.45) is 2.18. The van der Waals surface area contributed by atoms with E-state index in [9.17, 15) is 9.90 Å². The Labute approximate surface area is 124 Å². The zero-order valence-electron chi connectivity index (χ0n) is 12.6. The van der Waals surface area contributed by atoms with Gasteiger partial charge in [-0.25, -0.2) is 0 Å². The highest BCUT2D eigenvalue weighted by Gasteiger charge is 2.27. The lowest BCUT2D eigenvalue weighted by molar-refractivity contribution is -0.147. The Morgan fingerprint density at radius 3 is 2.95 bits per heavy atom. The van der Waals surface area contributed by atoms with E-state index >= 15 is 0 Å². The number of carbonyl (C=O) groups excluding carboxylic acids is 1. The summed E-state index contributed by atoms with van der Waals surface area (Å²) in [4.78, 5) is 18.2. The normalized spacial score (nSPS) is 22.5. The number of aryl methyl sites for hydroxylation is 2. The average Bonchev–Trinajstić information content (AvgIpc) is 2.92. The molecule has 0 radical (unpaired) electrons. The molecule has 118 valence electrons. The third-order valence-electron chi connectivity index (χ3n) is 3.42. The molecule has 2 rings (SSSR count). The highest BCUT2D eigenvalue weighted by atomic mass is 16.5. The van der Waals surface area contributed by atoms with Gasteiger partial charge in [-0.05, 0) is 13.3 Å². The molecule has 2 unspecified atom stereocenters. The second-order valence-electron chi connectivity index (χ2n) is 5.40. The average molecular weight is 297 g/mol. The van der Waals surface area contributed by atoms with Gasteiger partial charge in [-0.1, -0.05) is 12.1 Å². The van der Waals surface area contributed by atoms with Crippen LogP contribution in [0, 0.1) is 0 Å². The maximum Gasteiger partial charge on any atom is 0.227 e. The zero-order valence-corrected chi connectivity index (χ0v) is 12.6. The Balaban J connectivity index is 1.83. The molecule has 0 bridgehead atoms. The van der Waals surface area contributed by atoms with Crippen LogP contribution in [0.1, 0.15) is 38.4 Å².